The second kappa shape index (κ2) is 6.82. The SMILES string of the molecule is COC(CO)CCC[C@H](N)C(=O)O. The number of rotatable bonds is 7. The molecule has 0 aromatic rings. The summed E-state index contributed by atoms with van der Waals surface area (Å²) in [5.41, 5.74) is 5.28. The molecule has 13 heavy (non-hydrogen) atoms. The molecule has 0 amide bonds. The quantitative estimate of drug-likeness (QED) is 0.508. The lowest BCUT2D eigenvalue weighted by Gasteiger charge is -2.12. The molecular weight excluding hydrogens is 174 g/mol. The van der Waals surface area contributed by atoms with Crippen molar-refractivity contribution in [3.8, 4) is 0 Å². The first-order valence-corrected chi connectivity index (χ1v) is 4.23. The maximum absolute atomic E-state index is 10.3. The Morgan fingerprint density at radius 3 is 2.54 bits per heavy atom. The van der Waals surface area contributed by atoms with E-state index in [1.165, 1.54) is 7.11 Å². The van der Waals surface area contributed by atoms with Crippen LogP contribution < -0.4 is 5.73 Å². The fourth-order valence-corrected chi connectivity index (χ4v) is 0.973. The summed E-state index contributed by atoms with van der Waals surface area (Å²) in [5, 5.41) is 17.2. The number of hydrogen-bond acceptors (Lipinski definition) is 4. The number of nitrogens with two attached hydrogens (primary N) is 1. The van der Waals surface area contributed by atoms with Crippen molar-refractivity contribution in [3.63, 3.8) is 0 Å². The molecule has 0 heterocycles. The van der Waals surface area contributed by atoms with Crippen LogP contribution in [0.15, 0.2) is 0 Å². The lowest BCUT2D eigenvalue weighted by atomic mass is 10.1. The van der Waals surface area contributed by atoms with Gasteiger partial charge in [-0.25, -0.2) is 0 Å². The third-order valence-electron chi connectivity index (χ3n) is 1.90. The Balaban J connectivity index is 3.48. The second-order valence-electron chi connectivity index (χ2n) is 2.92. The normalized spacial score (nSPS) is 15.3. The van der Waals surface area contributed by atoms with Gasteiger partial charge in [0.25, 0.3) is 0 Å². The van der Waals surface area contributed by atoms with E-state index in [2.05, 4.69) is 0 Å². The summed E-state index contributed by atoms with van der Waals surface area (Å²) < 4.78 is 4.90. The number of aliphatic hydroxyl groups is 1. The minimum absolute atomic E-state index is 0.0428. The molecule has 0 radical (unpaired) electrons. The van der Waals surface area contributed by atoms with Crippen LogP contribution in [0.2, 0.25) is 0 Å². The van der Waals surface area contributed by atoms with Gasteiger partial charge in [-0.15, -0.1) is 0 Å². The zero-order valence-corrected chi connectivity index (χ0v) is 7.77. The largest absolute Gasteiger partial charge is 0.480 e. The van der Waals surface area contributed by atoms with Gasteiger partial charge in [0.15, 0.2) is 0 Å². The van der Waals surface area contributed by atoms with E-state index in [9.17, 15) is 4.79 Å². The molecule has 0 aromatic heterocycles. The molecular formula is C8H17NO4. The monoisotopic (exact) mass is 191 g/mol. The maximum Gasteiger partial charge on any atom is 0.320 e. The first kappa shape index (κ1) is 12.3. The number of hydrogen-bond donors (Lipinski definition) is 3. The first-order valence-electron chi connectivity index (χ1n) is 4.23. The van der Waals surface area contributed by atoms with E-state index in [0.717, 1.165) is 0 Å². The topological polar surface area (TPSA) is 92.8 Å². The molecule has 0 rings (SSSR count). The van der Waals surface area contributed by atoms with Gasteiger partial charge in [0.2, 0.25) is 0 Å². The summed E-state index contributed by atoms with van der Waals surface area (Å²) in [6, 6.07) is -0.809. The van der Waals surface area contributed by atoms with Crippen molar-refractivity contribution in [1.82, 2.24) is 0 Å². The van der Waals surface area contributed by atoms with Crippen LogP contribution in [0.3, 0.4) is 0 Å². The van der Waals surface area contributed by atoms with E-state index in [4.69, 9.17) is 20.7 Å². The molecule has 5 heteroatoms. The Morgan fingerprint density at radius 1 is 1.54 bits per heavy atom. The van der Waals surface area contributed by atoms with E-state index in [0.29, 0.717) is 19.3 Å². The van der Waals surface area contributed by atoms with E-state index < -0.39 is 12.0 Å². The van der Waals surface area contributed by atoms with Crippen LogP contribution in [-0.2, 0) is 9.53 Å². The Kier molecular flexibility index (Phi) is 6.48. The molecule has 2 atom stereocenters. The fraction of sp³-hybridized carbons (Fsp3) is 0.875. The average Bonchev–Trinajstić information content (AvgIpc) is 2.12. The van der Waals surface area contributed by atoms with Gasteiger partial charge in [0.05, 0.1) is 12.7 Å². The van der Waals surface area contributed by atoms with E-state index in [1.807, 2.05) is 0 Å². The molecule has 1 unspecified atom stereocenters. The first-order chi connectivity index (χ1) is 6.11. The van der Waals surface area contributed by atoms with Crippen LogP contribution in [0.25, 0.3) is 0 Å². The minimum Gasteiger partial charge on any atom is -0.480 e. The van der Waals surface area contributed by atoms with Crippen molar-refractivity contribution >= 4 is 5.97 Å². The molecule has 78 valence electrons. The van der Waals surface area contributed by atoms with Crippen LogP contribution in [0.1, 0.15) is 19.3 Å². The number of aliphatic hydroxyl groups excluding tert-OH is 1. The standard InChI is InChI=1S/C8H17NO4/c1-13-6(5-10)3-2-4-7(9)8(11)12/h6-7,10H,2-5,9H2,1H3,(H,11,12)/t6?,7-/m0/s1. The van der Waals surface area contributed by atoms with Crippen molar-refractivity contribution in [2.75, 3.05) is 13.7 Å². The Morgan fingerprint density at radius 2 is 2.15 bits per heavy atom. The Hall–Kier alpha value is -0.650. The smallest absolute Gasteiger partial charge is 0.320 e. The van der Waals surface area contributed by atoms with E-state index in [1.54, 1.807) is 0 Å². The zero-order chi connectivity index (χ0) is 10.3. The van der Waals surface area contributed by atoms with Crippen molar-refractivity contribution < 1.29 is 19.7 Å². The van der Waals surface area contributed by atoms with Crippen LogP contribution in [0.4, 0.5) is 0 Å². The van der Waals surface area contributed by atoms with Crippen molar-refractivity contribution in [1.29, 1.82) is 0 Å². The minimum atomic E-state index is -0.988. The zero-order valence-electron chi connectivity index (χ0n) is 7.77. The predicted octanol–water partition coefficient (Wildman–Crippen LogP) is -0.424. The van der Waals surface area contributed by atoms with E-state index >= 15 is 0 Å². The number of carbonyl (C=O) groups is 1. The van der Waals surface area contributed by atoms with Crippen molar-refractivity contribution in [2.45, 2.75) is 31.4 Å². The van der Waals surface area contributed by atoms with Gasteiger partial charge in [-0.3, -0.25) is 4.79 Å². The van der Waals surface area contributed by atoms with Gasteiger partial charge in [-0.1, -0.05) is 0 Å². The molecule has 0 aliphatic heterocycles. The summed E-state index contributed by atoms with van der Waals surface area (Å²) in [6.45, 7) is -0.0428. The predicted molar refractivity (Wildman–Crippen MR) is 47.3 cm³/mol. The molecule has 0 bridgehead atoms. The Bertz CT molecular complexity index is 147. The number of carboxylic acid groups (broad SMARTS) is 1. The van der Waals surface area contributed by atoms with Crippen LogP contribution in [-0.4, -0.2) is 42.0 Å². The van der Waals surface area contributed by atoms with Crippen molar-refractivity contribution in [2.24, 2.45) is 5.73 Å². The maximum atomic E-state index is 10.3. The van der Waals surface area contributed by atoms with Crippen LogP contribution >= 0.6 is 0 Å². The fourth-order valence-electron chi connectivity index (χ4n) is 0.973. The molecule has 0 aromatic carbocycles. The van der Waals surface area contributed by atoms with Crippen LogP contribution in [0, 0.1) is 0 Å². The molecule has 0 spiro atoms. The van der Waals surface area contributed by atoms with Gasteiger partial charge in [-0.05, 0) is 19.3 Å². The number of carboxylic acids is 1. The summed E-state index contributed by atoms with van der Waals surface area (Å²) in [7, 11) is 1.51. The molecule has 0 aliphatic carbocycles. The highest BCUT2D eigenvalue weighted by Gasteiger charge is 2.12. The molecule has 5 nitrogen and oxygen atoms in total. The number of ether oxygens (including phenoxy) is 1. The molecule has 0 fully saturated rings. The van der Waals surface area contributed by atoms with Gasteiger partial charge in [0, 0.05) is 7.11 Å². The molecule has 0 aliphatic rings. The summed E-state index contributed by atoms with van der Waals surface area (Å²) >= 11 is 0. The highest BCUT2D eigenvalue weighted by Crippen LogP contribution is 2.05. The summed E-state index contributed by atoms with van der Waals surface area (Å²) in [6.07, 6.45) is 1.48. The average molecular weight is 191 g/mol. The summed E-state index contributed by atoms with van der Waals surface area (Å²) in [5.74, 6) is -0.988. The molecule has 0 saturated carbocycles. The molecule has 0 saturated heterocycles. The third kappa shape index (κ3) is 5.57. The Labute approximate surface area is 77.5 Å². The summed E-state index contributed by atoms with van der Waals surface area (Å²) in [4.78, 5) is 10.3. The van der Waals surface area contributed by atoms with Gasteiger partial charge in [-0.2, -0.15) is 0 Å². The third-order valence-corrected chi connectivity index (χ3v) is 1.90. The second-order valence-corrected chi connectivity index (χ2v) is 2.92. The van der Waals surface area contributed by atoms with Crippen molar-refractivity contribution in [3.05, 3.63) is 0 Å². The van der Waals surface area contributed by atoms with Gasteiger partial charge < -0.3 is 20.7 Å². The van der Waals surface area contributed by atoms with Gasteiger partial charge in [0.1, 0.15) is 6.04 Å². The van der Waals surface area contributed by atoms with Crippen LogP contribution in [0.5, 0.6) is 0 Å². The van der Waals surface area contributed by atoms with E-state index in [-0.39, 0.29) is 12.7 Å². The highest BCUT2D eigenvalue weighted by atomic mass is 16.5. The highest BCUT2D eigenvalue weighted by molar-refractivity contribution is 5.72. The number of aliphatic carboxylic acids is 1. The number of methoxy groups -OCH3 is 1. The molecule has 4 N–H and O–H groups in total. The van der Waals surface area contributed by atoms with Gasteiger partial charge >= 0.3 is 5.97 Å². The lowest BCUT2D eigenvalue weighted by molar-refractivity contribution is -0.138. The lowest BCUT2D eigenvalue weighted by Crippen LogP contribution is -2.30.